The van der Waals surface area contributed by atoms with Crippen molar-refractivity contribution in [1.29, 1.82) is 0 Å². The van der Waals surface area contributed by atoms with Crippen LogP contribution in [-0.2, 0) is 10.0 Å². The Hall–Kier alpha value is -3.03. The van der Waals surface area contributed by atoms with Crippen molar-refractivity contribution in [3.8, 4) is 23.0 Å². The minimum atomic E-state index is -4.78. The molecule has 0 atom stereocenters. The molecule has 2 aromatic carbocycles. The van der Waals surface area contributed by atoms with Crippen LogP contribution in [0.2, 0.25) is 0 Å². The van der Waals surface area contributed by atoms with E-state index in [4.69, 9.17) is 9.47 Å². The van der Waals surface area contributed by atoms with Crippen LogP contribution in [0.3, 0.4) is 0 Å². The van der Waals surface area contributed by atoms with Gasteiger partial charge in [0.15, 0.2) is 24.7 Å². The molecule has 1 heterocycles. The fourth-order valence-electron chi connectivity index (χ4n) is 2.40. The van der Waals surface area contributed by atoms with E-state index in [0.717, 1.165) is 12.1 Å². The van der Waals surface area contributed by atoms with Gasteiger partial charge >= 0.3 is 12.4 Å². The summed E-state index contributed by atoms with van der Waals surface area (Å²) in [6, 6.07) is 6.21. The quantitative estimate of drug-likeness (QED) is 0.610. The van der Waals surface area contributed by atoms with E-state index in [9.17, 15) is 34.8 Å². The van der Waals surface area contributed by atoms with E-state index in [0.29, 0.717) is 11.8 Å². The highest BCUT2D eigenvalue weighted by Crippen LogP contribution is 2.36. The second-order valence-corrected chi connectivity index (χ2v) is 7.74. The molecule has 0 amide bonds. The summed E-state index contributed by atoms with van der Waals surface area (Å²) >= 11 is 0. The van der Waals surface area contributed by atoms with Gasteiger partial charge in [0.1, 0.15) is 16.4 Å². The molecular weight excluding hydrogens is 460 g/mol. The lowest BCUT2D eigenvalue weighted by molar-refractivity contribution is -0.154. The van der Waals surface area contributed by atoms with Crippen molar-refractivity contribution in [3.05, 3.63) is 36.4 Å². The Bertz CT molecular complexity index is 1050. The molecule has 3 rings (SSSR count). The summed E-state index contributed by atoms with van der Waals surface area (Å²) in [5.41, 5.74) is -0.0346. The van der Waals surface area contributed by atoms with Gasteiger partial charge in [-0.25, -0.2) is 8.42 Å². The molecule has 0 aliphatic carbocycles. The third-order valence-corrected chi connectivity index (χ3v) is 5.03. The Morgan fingerprint density at radius 1 is 0.871 bits per heavy atom. The van der Waals surface area contributed by atoms with Crippen LogP contribution >= 0.6 is 0 Å². The van der Waals surface area contributed by atoms with Crippen LogP contribution in [0.4, 0.5) is 32.0 Å². The van der Waals surface area contributed by atoms with Crippen LogP contribution in [0.5, 0.6) is 23.0 Å². The standard InChI is InChI=1S/C17H13F6NO6S/c18-16(19,20)7-27-11-2-4-13(28-8-17(21,22)23)15(6-11)31(25,26)24-10-1-3-12-14(5-10)30-9-29-12/h1-6,24H,7-9H2. The molecule has 14 heteroatoms. The maximum Gasteiger partial charge on any atom is 0.422 e. The predicted octanol–water partition coefficient (Wildman–Crippen LogP) is 4.10. The molecule has 1 aliphatic heterocycles. The van der Waals surface area contributed by atoms with Gasteiger partial charge in [-0.1, -0.05) is 0 Å². The average Bonchev–Trinajstić information content (AvgIpc) is 3.11. The summed E-state index contributed by atoms with van der Waals surface area (Å²) in [4.78, 5) is -0.853. The van der Waals surface area contributed by atoms with Gasteiger partial charge in [-0.2, -0.15) is 26.3 Å². The second kappa shape index (κ2) is 8.24. The number of benzene rings is 2. The molecule has 31 heavy (non-hydrogen) atoms. The summed E-state index contributed by atoms with van der Waals surface area (Å²) in [5.74, 6) is -0.705. The largest absolute Gasteiger partial charge is 0.484 e. The molecule has 0 unspecified atom stereocenters. The molecule has 0 aromatic heterocycles. The fourth-order valence-corrected chi connectivity index (χ4v) is 3.61. The van der Waals surface area contributed by atoms with Crippen LogP contribution in [0.15, 0.2) is 41.3 Å². The van der Waals surface area contributed by atoms with Crippen LogP contribution < -0.4 is 23.7 Å². The van der Waals surface area contributed by atoms with Gasteiger partial charge in [-0.05, 0) is 24.3 Å². The molecule has 7 nitrogen and oxygen atoms in total. The predicted molar refractivity (Wildman–Crippen MR) is 92.9 cm³/mol. The number of nitrogens with one attached hydrogen (secondary N) is 1. The highest BCUT2D eigenvalue weighted by atomic mass is 32.2. The van der Waals surface area contributed by atoms with Crippen molar-refractivity contribution in [2.24, 2.45) is 0 Å². The van der Waals surface area contributed by atoms with Crippen molar-refractivity contribution in [1.82, 2.24) is 0 Å². The number of rotatable bonds is 7. The first-order chi connectivity index (χ1) is 14.3. The van der Waals surface area contributed by atoms with Crippen molar-refractivity contribution in [3.63, 3.8) is 0 Å². The average molecular weight is 473 g/mol. The first-order valence-electron chi connectivity index (χ1n) is 8.28. The maximum atomic E-state index is 12.8. The molecule has 0 spiro atoms. The highest BCUT2D eigenvalue weighted by molar-refractivity contribution is 7.92. The lowest BCUT2D eigenvalue weighted by Gasteiger charge is -2.16. The third-order valence-electron chi connectivity index (χ3n) is 3.62. The van der Waals surface area contributed by atoms with Crippen molar-refractivity contribution in [2.75, 3.05) is 24.7 Å². The van der Waals surface area contributed by atoms with E-state index in [1.165, 1.54) is 18.2 Å². The number of ether oxygens (including phenoxy) is 4. The van der Waals surface area contributed by atoms with E-state index < -0.39 is 52.0 Å². The molecule has 0 saturated heterocycles. The highest BCUT2D eigenvalue weighted by Gasteiger charge is 2.32. The summed E-state index contributed by atoms with van der Waals surface area (Å²) in [5, 5.41) is 0. The van der Waals surface area contributed by atoms with Gasteiger partial charge in [0.05, 0.1) is 5.69 Å². The topological polar surface area (TPSA) is 83.1 Å². The van der Waals surface area contributed by atoms with Crippen molar-refractivity contribution < 1.29 is 53.7 Å². The minimum Gasteiger partial charge on any atom is -0.484 e. The number of halogens is 6. The van der Waals surface area contributed by atoms with E-state index in [1.807, 2.05) is 0 Å². The van der Waals surface area contributed by atoms with Crippen LogP contribution in [0, 0.1) is 0 Å². The monoisotopic (exact) mass is 473 g/mol. The summed E-state index contributed by atoms with van der Waals surface area (Å²) in [7, 11) is -4.61. The maximum absolute atomic E-state index is 12.8. The zero-order valence-corrected chi connectivity index (χ0v) is 16.0. The Labute approximate surface area is 171 Å². The third kappa shape index (κ3) is 6.23. The van der Waals surface area contributed by atoms with Crippen LogP contribution in [0.1, 0.15) is 0 Å². The smallest absolute Gasteiger partial charge is 0.422 e. The van der Waals surface area contributed by atoms with Crippen LogP contribution in [-0.4, -0.2) is 40.8 Å². The number of fused-ring (bicyclic) bond motifs is 1. The Morgan fingerprint density at radius 2 is 1.52 bits per heavy atom. The number of anilines is 1. The summed E-state index contributed by atoms with van der Waals surface area (Å²) < 4.78 is 122. The van der Waals surface area contributed by atoms with Gasteiger partial charge in [-0.3, -0.25) is 4.72 Å². The van der Waals surface area contributed by atoms with Crippen molar-refractivity contribution in [2.45, 2.75) is 17.2 Å². The number of hydrogen-bond acceptors (Lipinski definition) is 6. The zero-order valence-electron chi connectivity index (χ0n) is 15.2. The van der Waals surface area contributed by atoms with E-state index in [-0.39, 0.29) is 18.2 Å². The Morgan fingerprint density at radius 3 is 2.19 bits per heavy atom. The minimum absolute atomic E-state index is 0.0346. The SMILES string of the molecule is O=S(=O)(Nc1ccc2c(c1)OCO2)c1cc(OCC(F)(F)F)ccc1OCC(F)(F)F. The van der Waals surface area contributed by atoms with E-state index >= 15 is 0 Å². The molecule has 0 fully saturated rings. The molecule has 0 radical (unpaired) electrons. The Balaban J connectivity index is 1.91. The molecule has 1 N–H and O–H groups in total. The first kappa shape index (κ1) is 22.7. The summed E-state index contributed by atoms with van der Waals surface area (Å²) in [6.45, 7) is -3.63. The van der Waals surface area contributed by atoms with Gasteiger partial charge in [-0.15, -0.1) is 0 Å². The lowest BCUT2D eigenvalue weighted by atomic mass is 10.3. The molecule has 1 aliphatic rings. The van der Waals surface area contributed by atoms with Crippen molar-refractivity contribution >= 4 is 15.7 Å². The van der Waals surface area contributed by atoms with Crippen LogP contribution in [0.25, 0.3) is 0 Å². The van der Waals surface area contributed by atoms with E-state index in [1.54, 1.807) is 0 Å². The molecule has 0 saturated carbocycles. The molecular formula is C17H13F6NO6S. The molecule has 0 bridgehead atoms. The zero-order chi connectivity index (χ0) is 22.9. The van der Waals surface area contributed by atoms with E-state index in [2.05, 4.69) is 14.2 Å². The van der Waals surface area contributed by atoms with Gasteiger partial charge < -0.3 is 18.9 Å². The Kier molecular flexibility index (Phi) is 6.02. The number of alkyl halides is 6. The molecule has 2 aromatic rings. The number of hydrogen-bond donors (Lipinski definition) is 1. The fraction of sp³-hybridized carbons (Fsp3) is 0.294. The summed E-state index contributed by atoms with van der Waals surface area (Å²) in [6.07, 6.45) is -9.49. The molecule has 170 valence electrons. The second-order valence-electron chi connectivity index (χ2n) is 6.09. The first-order valence-corrected chi connectivity index (χ1v) is 9.76. The van der Waals surface area contributed by atoms with Gasteiger partial charge in [0.25, 0.3) is 10.0 Å². The number of sulfonamides is 1. The van der Waals surface area contributed by atoms with Gasteiger partial charge in [0, 0.05) is 12.1 Å². The normalized spacial score (nSPS) is 13.7. The van der Waals surface area contributed by atoms with Gasteiger partial charge in [0.2, 0.25) is 6.79 Å². The lowest BCUT2D eigenvalue weighted by Crippen LogP contribution is -2.22.